The molecule has 0 aliphatic heterocycles. The van der Waals surface area contributed by atoms with Crippen molar-refractivity contribution < 1.29 is 9.90 Å². The summed E-state index contributed by atoms with van der Waals surface area (Å²) >= 11 is 0. The van der Waals surface area contributed by atoms with Crippen molar-refractivity contribution in [2.24, 2.45) is 11.3 Å². The van der Waals surface area contributed by atoms with E-state index in [2.05, 4.69) is 0 Å². The van der Waals surface area contributed by atoms with E-state index in [1.807, 2.05) is 20.8 Å². The summed E-state index contributed by atoms with van der Waals surface area (Å²) in [5, 5.41) is 10.5. The van der Waals surface area contributed by atoms with Crippen LogP contribution in [-0.2, 0) is 4.79 Å². The molecule has 3 nitrogen and oxygen atoms in total. The van der Waals surface area contributed by atoms with Crippen LogP contribution in [0.15, 0.2) is 0 Å². The molecule has 0 bridgehead atoms. The topological polar surface area (TPSA) is 40.5 Å². The predicted octanol–water partition coefficient (Wildman–Crippen LogP) is 1.65. The summed E-state index contributed by atoms with van der Waals surface area (Å²) < 4.78 is 0. The molecule has 1 fully saturated rings. The molecule has 0 unspecified atom stereocenters. The van der Waals surface area contributed by atoms with Crippen molar-refractivity contribution in [3.8, 4) is 0 Å². The minimum Gasteiger partial charge on any atom is -0.389 e. The molecule has 0 aromatic rings. The third-order valence-corrected chi connectivity index (χ3v) is 4.35. The van der Waals surface area contributed by atoms with Gasteiger partial charge in [0.1, 0.15) is 0 Å². The first-order valence-electron chi connectivity index (χ1n) is 5.73. The highest BCUT2D eigenvalue weighted by atomic mass is 16.3. The lowest BCUT2D eigenvalue weighted by atomic mass is 9.70. The van der Waals surface area contributed by atoms with Crippen LogP contribution in [0.1, 0.15) is 40.0 Å². The van der Waals surface area contributed by atoms with Gasteiger partial charge in [0.2, 0.25) is 5.91 Å². The second-order valence-corrected chi connectivity index (χ2v) is 5.22. The molecule has 0 spiro atoms. The van der Waals surface area contributed by atoms with Crippen LogP contribution in [0, 0.1) is 11.3 Å². The first-order chi connectivity index (χ1) is 6.79. The Bertz CT molecular complexity index is 260. The molecule has 1 saturated carbocycles. The Balaban J connectivity index is 3.11. The van der Waals surface area contributed by atoms with E-state index in [-0.39, 0.29) is 11.8 Å². The maximum Gasteiger partial charge on any atom is 0.231 e. The van der Waals surface area contributed by atoms with Gasteiger partial charge in [0.15, 0.2) is 0 Å². The molecule has 1 aliphatic rings. The third kappa shape index (κ3) is 1.57. The Morgan fingerprint density at radius 1 is 1.53 bits per heavy atom. The number of aliphatic hydroxyl groups is 1. The van der Waals surface area contributed by atoms with Crippen LogP contribution >= 0.6 is 0 Å². The van der Waals surface area contributed by atoms with Gasteiger partial charge < -0.3 is 10.0 Å². The molecule has 1 amide bonds. The van der Waals surface area contributed by atoms with E-state index in [1.54, 1.807) is 19.0 Å². The van der Waals surface area contributed by atoms with Crippen molar-refractivity contribution in [2.45, 2.75) is 45.6 Å². The molecule has 3 heteroatoms. The summed E-state index contributed by atoms with van der Waals surface area (Å²) in [6.45, 7) is 5.84. The Kier molecular flexibility index (Phi) is 3.15. The maximum atomic E-state index is 12.2. The van der Waals surface area contributed by atoms with Gasteiger partial charge in [-0.15, -0.1) is 0 Å². The van der Waals surface area contributed by atoms with Crippen LogP contribution in [-0.4, -0.2) is 35.6 Å². The molecule has 0 saturated heterocycles. The third-order valence-electron chi connectivity index (χ3n) is 4.35. The first kappa shape index (κ1) is 12.5. The highest BCUT2D eigenvalue weighted by molar-refractivity contribution is 5.84. The van der Waals surface area contributed by atoms with Crippen molar-refractivity contribution >= 4 is 5.91 Å². The fourth-order valence-electron chi connectivity index (χ4n) is 2.91. The summed E-state index contributed by atoms with van der Waals surface area (Å²) in [7, 11) is 3.53. The van der Waals surface area contributed by atoms with Crippen molar-refractivity contribution in [3.63, 3.8) is 0 Å². The van der Waals surface area contributed by atoms with Crippen LogP contribution in [0.3, 0.4) is 0 Å². The first-order valence-corrected chi connectivity index (χ1v) is 5.73. The molecule has 15 heavy (non-hydrogen) atoms. The molecule has 1 rings (SSSR count). The average Bonchev–Trinajstić information content (AvgIpc) is 2.39. The van der Waals surface area contributed by atoms with Gasteiger partial charge in [-0.2, -0.15) is 0 Å². The van der Waals surface area contributed by atoms with Crippen LogP contribution in [0.4, 0.5) is 0 Å². The zero-order valence-corrected chi connectivity index (χ0v) is 10.5. The van der Waals surface area contributed by atoms with Gasteiger partial charge in [0.25, 0.3) is 0 Å². The summed E-state index contributed by atoms with van der Waals surface area (Å²) in [5.41, 5.74) is -1.45. The lowest BCUT2D eigenvalue weighted by molar-refractivity contribution is -0.157. The summed E-state index contributed by atoms with van der Waals surface area (Å²) in [6.07, 6.45) is 2.44. The molecular formula is C12H23NO2. The summed E-state index contributed by atoms with van der Waals surface area (Å²) in [5.74, 6) is 0.265. The van der Waals surface area contributed by atoms with Crippen molar-refractivity contribution in [2.75, 3.05) is 14.1 Å². The quantitative estimate of drug-likeness (QED) is 0.757. The predicted molar refractivity (Wildman–Crippen MR) is 60.4 cm³/mol. The second kappa shape index (κ2) is 3.78. The van der Waals surface area contributed by atoms with Gasteiger partial charge in [-0.05, 0) is 32.1 Å². The molecule has 0 radical (unpaired) electrons. The Morgan fingerprint density at radius 3 is 2.33 bits per heavy atom. The zero-order chi connectivity index (χ0) is 11.9. The average molecular weight is 213 g/mol. The van der Waals surface area contributed by atoms with Gasteiger partial charge in [0.05, 0.1) is 11.0 Å². The summed E-state index contributed by atoms with van der Waals surface area (Å²) in [4.78, 5) is 13.8. The molecule has 3 atom stereocenters. The van der Waals surface area contributed by atoms with E-state index in [1.165, 1.54) is 0 Å². The highest BCUT2D eigenvalue weighted by Gasteiger charge is 2.58. The van der Waals surface area contributed by atoms with Crippen LogP contribution < -0.4 is 0 Å². The Hall–Kier alpha value is -0.570. The van der Waals surface area contributed by atoms with E-state index in [9.17, 15) is 9.90 Å². The van der Waals surface area contributed by atoms with Crippen molar-refractivity contribution in [1.82, 2.24) is 4.90 Å². The summed E-state index contributed by atoms with van der Waals surface area (Å²) in [6, 6.07) is 0. The molecule has 0 aromatic heterocycles. The molecular weight excluding hydrogens is 190 g/mol. The van der Waals surface area contributed by atoms with E-state index < -0.39 is 11.0 Å². The van der Waals surface area contributed by atoms with Gasteiger partial charge in [-0.1, -0.05) is 13.8 Å². The van der Waals surface area contributed by atoms with E-state index in [4.69, 9.17) is 0 Å². The lowest BCUT2D eigenvalue weighted by Crippen LogP contribution is -2.53. The second-order valence-electron chi connectivity index (χ2n) is 5.22. The Morgan fingerprint density at radius 2 is 2.07 bits per heavy atom. The van der Waals surface area contributed by atoms with Crippen LogP contribution in [0.25, 0.3) is 0 Å². The monoisotopic (exact) mass is 213 g/mol. The fraction of sp³-hybridized carbons (Fsp3) is 0.917. The minimum atomic E-state index is -0.872. The van der Waals surface area contributed by atoms with Crippen molar-refractivity contribution in [3.05, 3.63) is 0 Å². The van der Waals surface area contributed by atoms with Gasteiger partial charge in [-0.25, -0.2) is 0 Å². The van der Waals surface area contributed by atoms with E-state index >= 15 is 0 Å². The molecule has 1 N–H and O–H groups in total. The number of rotatable bonds is 2. The normalized spacial score (nSPS) is 40.5. The number of hydrogen-bond acceptors (Lipinski definition) is 2. The minimum absolute atomic E-state index is 0.0688. The van der Waals surface area contributed by atoms with Crippen molar-refractivity contribution in [1.29, 1.82) is 0 Å². The van der Waals surface area contributed by atoms with Gasteiger partial charge in [-0.3, -0.25) is 4.79 Å². The highest BCUT2D eigenvalue weighted by Crippen LogP contribution is 2.52. The van der Waals surface area contributed by atoms with Gasteiger partial charge >= 0.3 is 0 Å². The molecule has 1 aliphatic carbocycles. The SMILES string of the molecule is CC[C@]1(C(=O)N(C)C)CC[C@H](C)[C@@]1(C)O. The van der Waals surface area contributed by atoms with E-state index in [0.717, 1.165) is 12.8 Å². The number of carbonyl (C=O) groups excluding carboxylic acids is 1. The lowest BCUT2D eigenvalue weighted by Gasteiger charge is -2.41. The molecule has 88 valence electrons. The fourth-order valence-corrected chi connectivity index (χ4v) is 2.91. The molecule has 0 heterocycles. The van der Waals surface area contributed by atoms with Crippen LogP contribution in [0.5, 0.6) is 0 Å². The number of nitrogens with zero attached hydrogens (tertiary/aromatic N) is 1. The number of amides is 1. The standard InChI is InChI=1S/C12H23NO2/c1-6-12(10(14)13(4)5)8-7-9(2)11(12,3)15/h9,15H,6-8H2,1-5H3/t9-,11+,12+/m0/s1. The van der Waals surface area contributed by atoms with Crippen LogP contribution in [0.2, 0.25) is 0 Å². The Labute approximate surface area is 92.5 Å². The largest absolute Gasteiger partial charge is 0.389 e. The molecule has 0 aromatic carbocycles. The smallest absolute Gasteiger partial charge is 0.231 e. The number of hydrogen-bond donors (Lipinski definition) is 1. The number of carbonyl (C=O) groups is 1. The van der Waals surface area contributed by atoms with E-state index in [0.29, 0.717) is 6.42 Å². The van der Waals surface area contributed by atoms with Gasteiger partial charge in [0, 0.05) is 14.1 Å². The maximum absolute atomic E-state index is 12.2. The zero-order valence-electron chi connectivity index (χ0n) is 10.5.